The Balaban J connectivity index is 1.55. The molecule has 0 radical (unpaired) electrons. The van der Waals surface area contributed by atoms with Gasteiger partial charge in [-0.2, -0.15) is 10.1 Å². The molecule has 1 aliphatic heterocycles. The van der Waals surface area contributed by atoms with Crippen LogP contribution >= 0.6 is 0 Å². The molecule has 2 aromatic carbocycles. The van der Waals surface area contributed by atoms with Gasteiger partial charge >= 0.3 is 0 Å². The number of benzene rings is 2. The summed E-state index contributed by atoms with van der Waals surface area (Å²) in [6.07, 6.45) is 3.30. The minimum absolute atomic E-state index is 0.0208. The predicted octanol–water partition coefficient (Wildman–Crippen LogP) is 4.06. The number of rotatable bonds is 8. The maximum atomic E-state index is 13.1. The molecule has 0 amide bonds. The average Bonchev–Trinajstić information content (AvgIpc) is 3.38. The first kappa shape index (κ1) is 26.6. The zero-order valence-electron chi connectivity index (χ0n) is 22.6. The van der Waals surface area contributed by atoms with Gasteiger partial charge in [0.1, 0.15) is 10.6 Å². The van der Waals surface area contributed by atoms with Crippen LogP contribution in [-0.2, 0) is 23.5 Å². The second-order valence-corrected chi connectivity index (χ2v) is 11.3. The predicted molar refractivity (Wildman–Crippen MR) is 152 cm³/mol. The number of nitrogens with zero attached hydrogens (tertiary/aromatic N) is 5. The van der Waals surface area contributed by atoms with E-state index in [0.717, 1.165) is 54.1 Å². The van der Waals surface area contributed by atoms with E-state index in [2.05, 4.69) is 30.0 Å². The van der Waals surface area contributed by atoms with Crippen LogP contribution in [-0.4, -0.2) is 54.3 Å². The van der Waals surface area contributed by atoms with Crippen molar-refractivity contribution in [3.05, 3.63) is 71.5 Å². The van der Waals surface area contributed by atoms with Crippen molar-refractivity contribution in [1.29, 1.82) is 0 Å². The molecule has 0 unspecified atom stereocenters. The molecule has 0 spiro atoms. The summed E-state index contributed by atoms with van der Waals surface area (Å²) in [4.78, 5) is 11.6. The summed E-state index contributed by atoms with van der Waals surface area (Å²) in [6, 6.07) is 13.9. The highest BCUT2D eigenvalue weighted by molar-refractivity contribution is 7.92. The first-order valence-corrected chi connectivity index (χ1v) is 14.5. The van der Waals surface area contributed by atoms with Gasteiger partial charge in [0.05, 0.1) is 11.9 Å². The minimum Gasteiger partial charge on any atom is -0.439 e. The van der Waals surface area contributed by atoms with E-state index in [-0.39, 0.29) is 10.8 Å². The van der Waals surface area contributed by atoms with Crippen molar-refractivity contribution in [2.75, 3.05) is 35.8 Å². The number of hydrogen-bond acceptors (Lipinski definition) is 8. The molecule has 1 saturated heterocycles. The molecule has 2 N–H and O–H groups in total. The van der Waals surface area contributed by atoms with Gasteiger partial charge in [-0.15, -0.1) is 0 Å². The van der Waals surface area contributed by atoms with Gasteiger partial charge in [-0.25, -0.2) is 18.1 Å². The molecule has 2 aromatic heterocycles. The molecule has 4 aromatic rings. The second-order valence-electron chi connectivity index (χ2n) is 9.57. The maximum absolute atomic E-state index is 13.1. The van der Waals surface area contributed by atoms with Crippen molar-refractivity contribution in [2.45, 2.75) is 32.1 Å². The van der Waals surface area contributed by atoms with Gasteiger partial charge in [0.15, 0.2) is 0 Å². The number of hydrogen-bond donors (Lipinski definition) is 2. The van der Waals surface area contributed by atoms with Gasteiger partial charge in [0.2, 0.25) is 11.8 Å². The van der Waals surface area contributed by atoms with Gasteiger partial charge in [0, 0.05) is 56.2 Å². The van der Waals surface area contributed by atoms with Crippen LogP contribution in [0, 0.1) is 13.8 Å². The number of aromatic nitrogens is 4. The number of ether oxygens (including phenoxy) is 1. The Morgan fingerprint density at radius 1 is 1.05 bits per heavy atom. The highest BCUT2D eigenvalue weighted by Crippen LogP contribution is 2.35. The summed E-state index contributed by atoms with van der Waals surface area (Å²) in [7, 11) is -2.31. The normalized spacial score (nSPS) is 13.9. The van der Waals surface area contributed by atoms with E-state index < -0.39 is 10.0 Å². The Labute approximate surface area is 229 Å². The molecule has 5 rings (SSSR count). The topological polar surface area (TPSA) is 114 Å². The fourth-order valence-electron chi connectivity index (χ4n) is 4.62. The fourth-order valence-corrected chi connectivity index (χ4v) is 5.55. The Morgan fingerprint density at radius 2 is 1.79 bits per heavy atom. The molecule has 0 bridgehead atoms. The van der Waals surface area contributed by atoms with Crippen molar-refractivity contribution < 1.29 is 13.2 Å². The van der Waals surface area contributed by atoms with Crippen molar-refractivity contribution >= 4 is 21.7 Å². The lowest BCUT2D eigenvalue weighted by atomic mass is 9.97. The Hall–Kier alpha value is -3.96. The molecular formula is C28H33N7O3S. The fraction of sp³-hybridized carbons (Fsp3) is 0.321. The van der Waals surface area contributed by atoms with Crippen LogP contribution in [0.4, 0.5) is 11.6 Å². The minimum atomic E-state index is -3.96. The van der Waals surface area contributed by atoms with Crippen LogP contribution in [0.2, 0.25) is 0 Å². The largest absolute Gasteiger partial charge is 0.439 e. The van der Waals surface area contributed by atoms with Crippen molar-refractivity contribution in [3.8, 4) is 22.9 Å². The third-order valence-corrected chi connectivity index (χ3v) is 8.22. The van der Waals surface area contributed by atoms with Gasteiger partial charge in [0.25, 0.3) is 10.0 Å². The van der Waals surface area contributed by atoms with E-state index in [9.17, 15) is 8.42 Å². The van der Waals surface area contributed by atoms with Crippen LogP contribution in [0.15, 0.2) is 59.8 Å². The molecule has 1 fully saturated rings. The lowest BCUT2D eigenvalue weighted by Crippen LogP contribution is -2.43. The summed E-state index contributed by atoms with van der Waals surface area (Å²) in [5, 5.41) is 7.34. The zero-order chi connectivity index (χ0) is 27.6. The van der Waals surface area contributed by atoms with E-state index in [1.165, 1.54) is 17.1 Å². The molecule has 204 valence electrons. The maximum Gasteiger partial charge on any atom is 0.267 e. The molecule has 0 saturated carbocycles. The van der Waals surface area contributed by atoms with E-state index in [1.54, 1.807) is 7.05 Å². The SMILES string of the molecule is CCc1c(Oc2ccc(N3CCNCC3)cc2)nc(NS(=O)(=O)c2cnn(C)c2)nc1-c1cccc(C)c1C. The van der Waals surface area contributed by atoms with Crippen LogP contribution in [0.3, 0.4) is 0 Å². The standard InChI is InChI=1S/C28H33N7O3S/c1-5-24-26(25-8-6-7-19(2)20(25)3)31-28(33-39(36,37)23-17-30-34(4)18-23)32-27(24)38-22-11-9-21(10-12-22)35-15-13-29-14-16-35/h6-12,17-18,29H,5,13-16H2,1-4H3,(H,31,32,33). The quantitative estimate of drug-likeness (QED) is 0.340. The molecule has 11 heteroatoms. The summed E-state index contributed by atoms with van der Waals surface area (Å²) < 4.78 is 36.5. The summed E-state index contributed by atoms with van der Waals surface area (Å²) in [5.41, 5.74) is 5.61. The number of nitrogens with one attached hydrogen (secondary N) is 2. The summed E-state index contributed by atoms with van der Waals surface area (Å²) >= 11 is 0. The number of piperazine rings is 1. The lowest BCUT2D eigenvalue weighted by Gasteiger charge is -2.29. The molecule has 0 atom stereocenters. The number of anilines is 2. The Morgan fingerprint density at radius 3 is 2.46 bits per heavy atom. The first-order valence-electron chi connectivity index (χ1n) is 13.0. The van der Waals surface area contributed by atoms with Gasteiger partial charge in [-0.1, -0.05) is 25.1 Å². The lowest BCUT2D eigenvalue weighted by molar-refractivity contribution is 0.456. The van der Waals surface area contributed by atoms with Crippen molar-refractivity contribution in [1.82, 2.24) is 25.1 Å². The molecule has 1 aliphatic rings. The van der Waals surface area contributed by atoms with Gasteiger partial charge in [-0.05, 0) is 55.7 Å². The molecule has 0 aliphatic carbocycles. The zero-order valence-corrected chi connectivity index (χ0v) is 23.4. The summed E-state index contributed by atoms with van der Waals surface area (Å²) in [6.45, 7) is 9.89. The third kappa shape index (κ3) is 5.74. The van der Waals surface area contributed by atoms with Gasteiger partial charge in [-0.3, -0.25) is 4.68 Å². The monoisotopic (exact) mass is 547 g/mol. The van der Waals surface area contributed by atoms with Crippen LogP contribution in [0.25, 0.3) is 11.3 Å². The van der Waals surface area contributed by atoms with E-state index >= 15 is 0 Å². The molecule has 3 heterocycles. The van der Waals surface area contributed by atoms with Gasteiger partial charge < -0.3 is 15.0 Å². The Bertz CT molecular complexity index is 1580. The first-order chi connectivity index (χ1) is 18.7. The van der Waals surface area contributed by atoms with E-state index in [0.29, 0.717) is 23.7 Å². The average molecular weight is 548 g/mol. The smallest absolute Gasteiger partial charge is 0.267 e. The van der Waals surface area contributed by atoms with Crippen LogP contribution in [0.5, 0.6) is 11.6 Å². The van der Waals surface area contributed by atoms with Crippen molar-refractivity contribution in [3.63, 3.8) is 0 Å². The highest BCUT2D eigenvalue weighted by Gasteiger charge is 2.23. The highest BCUT2D eigenvalue weighted by atomic mass is 32.2. The van der Waals surface area contributed by atoms with Crippen molar-refractivity contribution in [2.24, 2.45) is 7.05 Å². The number of aryl methyl sites for hydroxylation is 2. The van der Waals surface area contributed by atoms with E-state index in [4.69, 9.17) is 4.74 Å². The third-order valence-electron chi connectivity index (χ3n) is 6.93. The number of sulfonamides is 1. The molecular weight excluding hydrogens is 514 g/mol. The summed E-state index contributed by atoms with van der Waals surface area (Å²) in [5.74, 6) is 0.844. The second kappa shape index (κ2) is 11.0. The molecule has 39 heavy (non-hydrogen) atoms. The van der Waals surface area contributed by atoms with Crippen LogP contribution < -0.4 is 19.7 Å². The van der Waals surface area contributed by atoms with E-state index in [1.807, 2.05) is 63.2 Å². The Kier molecular flexibility index (Phi) is 7.53. The van der Waals surface area contributed by atoms with Crippen LogP contribution in [0.1, 0.15) is 23.6 Å². The molecule has 10 nitrogen and oxygen atoms in total.